The third-order valence-electron chi connectivity index (χ3n) is 3.92. The first-order chi connectivity index (χ1) is 11.9. The van der Waals surface area contributed by atoms with Crippen molar-refractivity contribution in [2.45, 2.75) is 6.42 Å². The Morgan fingerprint density at radius 1 is 1.32 bits per heavy atom. The van der Waals surface area contributed by atoms with Gasteiger partial charge < -0.3 is 10.1 Å². The molecule has 0 bridgehead atoms. The molecule has 0 radical (unpaired) electrons. The summed E-state index contributed by atoms with van der Waals surface area (Å²) in [6, 6.07) is 5.61. The topological polar surface area (TPSA) is 79.0 Å². The lowest BCUT2D eigenvalue weighted by Crippen LogP contribution is -2.42. The molecule has 7 nitrogen and oxygen atoms in total. The molecule has 140 valence electrons. The highest BCUT2D eigenvalue weighted by molar-refractivity contribution is 7.92. The summed E-state index contributed by atoms with van der Waals surface area (Å²) < 4.78 is 43.9. The van der Waals surface area contributed by atoms with Gasteiger partial charge in [-0.1, -0.05) is 12.1 Å². The van der Waals surface area contributed by atoms with E-state index in [-0.39, 0.29) is 24.6 Å². The van der Waals surface area contributed by atoms with Crippen LogP contribution in [0.1, 0.15) is 6.42 Å². The zero-order chi connectivity index (χ0) is 18.3. The molecule has 1 amide bonds. The summed E-state index contributed by atoms with van der Waals surface area (Å²) in [6.07, 6.45) is 0.959. The number of rotatable bonds is 8. The number of sulfonamides is 1. The van der Waals surface area contributed by atoms with Crippen LogP contribution in [0.5, 0.6) is 0 Å². The highest BCUT2D eigenvalue weighted by Gasteiger charge is 2.21. The molecule has 0 unspecified atom stereocenters. The minimum absolute atomic E-state index is 0.0372. The van der Waals surface area contributed by atoms with Gasteiger partial charge in [0.25, 0.3) is 0 Å². The third-order valence-corrected chi connectivity index (χ3v) is 5.10. The molecule has 1 aromatic carbocycles. The van der Waals surface area contributed by atoms with Gasteiger partial charge in [-0.3, -0.25) is 14.0 Å². The average Bonchev–Trinajstić information content (AvgIpc) is 2.56. The number of amides is 1. The molecule has 0 saturated carbocycles. The van der Waals surface area contributed by atoms with Crippen LogP contribution in [0.25, 0.3) is 0 Å². The smallest absolute Gasteiger partial charge is 0.232 e. The van der Waals surface area contributed by atoms with E-state index in [2.05, 4.69) is 10.2 Å². The molecule has 1 saturated heterocycles. The first-order valence-corrected chi connectivity index (χ1v) is 10.0. The summed E-state index contributed by atoms with van der Waals surface area (Å²) in [7, 11) is -3.68. The van der Waals surface area contributed by atoms with E-state index >= 15 is 0 Å². The van der Waals surface area contributed by atoms with E-state index in [1.807, 2.05) is 0 Å². The van der Waals surface area contributed by atoms with Gasteiger partial charge in [-0.05, 0) is 12.1 Å². The van der Waals surface area contributed by atoms with Gasteiger partial charge in [0.2, 0.25) is 15.9 Å². The molecule has 9 heteroatoms. The quantitative estimate of drug-likeness (QED) is 0.715. The average molecular weight is 373 g/mol. The Morgan fingerprint density at radius 3 is 2.64 bits per heavy atom. The first-order valence-electron chi connectivity index (χ1n) is 8.17. The Hall–Kier alpha value is -1.71. The Labute approximate surface area is 147 Å². The number of nitrogens with one attached hydrogen (secondary N) is 1. The maximum Gasteiger partial charge on any atom is 0.232 e. The number of para-hydroxylation sites is 1. The summed E-state index contributed by atoms with van der Waals surface area (Å²) in [4.78, 5) is 14.1. The van der Waals surface area contributed by atoms with Crippen LogP contribution in [-0.2, 0) is 19.6 Å². The molecule has 0 atom stereocenters. The van der Waals surface area contributed by atoms with Gasteiger partial charge in [0.1, 0.15) is 5.82 Å². The summed E-state index contributed by atoms with van der Waals surface area (Å²) in [5.74, 6) is -0.904. The molecule has 1 aliphatic heterocycles. The number of morpholine rings is 1. The number of carbonyl (C=O) groups is 1. The molecule has 0 aliphatic carbocycles. The fourth-order valence-corrected chi connectivity index (χ4v) is 3.52. The molecular weight excluding hydrogens is 349 g/mol. The molecule has 0 spiro atoms. The second kappa shape index (κ2) is 9.12. The van der Waals surface area contributed by atoms with E-state index < -0.39 is 15.8 Å². The summed E-state index contributed by atoms with van der Waals surface area (Å²) in [5.41, 5.74) is -0.0499. The van der Waals surface area contributed by atoms with E-state index in [1.54, 1.807) is 6.07 Å². The number of carbonyl (C=O) groups excluding carboxylic acids is 1. The second-order valence-corrected chi connectivity index (χ2v) is 7.75. The summed E-state index contributed by atoms with van der Waals surface area (Å²) in [5, 5.41) is 2.77. The van der Waals surface area contributed by atoms with Crippen LogP contribution in [0.3, 0.4) is 0 Å². The van der Waals surface area contributed by atoms with Crippen molar-refractivity contribution < 1.29 is 22.3 Å². The lowest BCUT2D eigenvalue weighted by molar-refractivity contribution is -0.120. The highest BCUT2D eigenvalue weighted by Crippen LogP contribution is 2.21. The summed E-state index contributed by atoms with van der Waals surface area (Å²) >= 11 is 0. The Kier molecular flexibility index (Phi) is 7.15. The van der Waals surface area contributed by atoms with E-state index in [4.69, 9.17) is 4.74 Å². The largest absolute Gasteiger partial charge is 0.379 e. The number of hydrogen-bond acceptors (Lipinski definition) is 5. The fourth-order valence-electron chi connectivity index (χ4n) is 2.59. The maximum atomic E-state index is 13.9. The zero-order valence-corrected chi connectivity index (χ0v) is 15.1. The van der Waals surface area contributed by atoms with E-state index in [1.165, 1.54) is 18.2 Å². The van der Waals surface area contributed by atoms with Crippen molar-refractivity contribution in [1.29, 1.82) is 0 Å². The van der Waals surface area contributed by atoms with Crippen LogP contribution < -0.4 is 9.62 Å². The first kappa shape index (κ1) is 19.6. The minimum atomic E-state index is -3.68. The monoisotopic (exact) mass is 373 g/mol. The van der Waals surface area contributed by atoms with Crippen molar-refractivity contribution in [3.63, 3.8) is 0 Å². The van der Waals surface area contributed by atoms with Crippen LogP contribution in [0.15, 0.2) is 24.3 Å². The Morgan fingerprint density at radius 2 is 2.00 bits per heavy atom. The Bertz CT molecular complexity index is 678. The van der Waals surface area contributed by atoms with Crippen molar-refractivity contribution in [1.82, 2.24) is 10.2 Å². The number of benzene rings is 1. The van der Waals surface area contributed by atoms with Crippen LogP contribution in [0, 0.1) is 5.82 Å². The molecule has 1 aliphatic rings. The summed E-state index contributed by atoms with van der Waals surface area (Å²) in [6.45, 7) is 4.16. The molecular formula is C16H24FN3O4S. The van der Waals surface area contributed by atoms with Gasteiger partial charge in [0.05, 0.1) is 25.2 Å². The zero-order valence-electron chi connectivity index (χ0n) is 14.3. The van der Waals surface area contributed by atoms with Gasteiger partial charge in [0, 0.05) is 39.1 Å². The van der Waals surface area contributed by atoms with Gasteiger partial charge in [-0.15, -0.1) is 0 Å². The molecule has 25 heavy (non-hydrogen) atoms. The minimum Gasteiger partial charge on any atom is -0.379 e. The molecule has 1 fully saturated rings. The molecule has 1 heterocycles. The van der Waals surface area contributed by atoms with Crippen molar-refractivity contribution in [2.24, 2.45) is 0 Å². The normalized spacial score (nSPS) is 15.8. The molecule has 2 rings (SSSR count). The van der Waals surface area contributed by atoms with E-state index in [0.29, 0.717) is 19.8 Å². The lowest BCUT2D eigenvalue weighted by atomic mass is 10.3. The number of ether oxygens (including phenoxy) is 1. The highest BCUT2D eigenvalue weighted by atomic mass is 32.2. The van der Waals surface area contributed by atoms with Crippen molar-refractivity contribution in [3.8, 4) is 0 Å². The van der Waals surface area contributed by atoms with Crippen molar-refractivity contribution in [3.05, 3.63) is 30.1 Å². The number of halogens is 1. The Balaban J connectivity index is 1.83. The van der Waals surface area contributed by atoms with Crippen LogP contribution in [-0.4, -0.2) is 71.4 Å². The predicted molar refractivity (Wildman–Crippen MR) is 93.5 cm³/mol. The van der Waals surface area contributed by atoms with Crippen LogP contribution in [0.4, 0.5) is 10.1 Å². The van der Waals surface area contributed by atoms with Gasteiger partial charge in [0.15, 0.2) is 0 Å². The second-order valence-electron chi connectivity index (χ2n) is 5.84. The standard InChI is InChI=1S/C16H24FN3O4S/c1-25(22,23)20(15-5-3-2-4-14(15)17)8-6-16(21)18-7-9-19-10-12-24-13-11-19/h2-5H,6-13H2,1H3,(H,18,21). The number of nitrogens with zero attached hydrogens (tertiary/aromatic N) is 2. The van der Waals surface area contributed by atoms with Crippen molar-refractivity contribution >= 4 is 21.6 Å². The molecule has 1 N–H and O–H groups in total. The van der Waals surface area contributed by atoms with Crippen molar-refractivity contribution in [2.75, 3.05) is 56.5 Å². The van der Waals surface area contributed by atoms with Gasteiger partial charge >= 0.3 is 0 Å². The maximum absolute atomic E-state index is 13.9. The SMILES string of the molecule is CS(=O)(=O)N(CCC(=O)NCCN1CCOCC1)c1ccccc1F. The van der Waals surface area contributed by atoms with Crippen LogP contribution >= 0.6 is 0 Å². The van der Waals surface area contributed by atoms with Gasteiger partial charge in [-0.25, -0.2) is 12.8 Å². The predicted octanol–water partition coefficient (Wildman–Crippen LogP) is 0.430. The molecule has 1 aromatic rings. The lowest BCUT2D eigenvalue weighted by Gasteiger charge is -2.26. The fraction of sp³-hybridized carbons (Fsp3) is 0.562. The number of anilines is 1. The van der Waals surface area contributed by atoms with Crippen LogP contribution in [0.2, 0.25) is 0 Å². The van der Waals surface area contributed by atoms with E-state index in [0.717, 1.165) is 30.2 Å². The van der Waals surface area contributed by atoms with E-state index in [9.17, 15) is 17.6 Å². The molecule has 0 aromatic heterocycles. The number of hydrogen-bond donors (Lipinski definition) is 1. The third kappa shape index (κ3) is 6.26. The van der Waals surface area contributed by atoms with Gasteiger partial charge in [-0.2, -0.15) is 0 Å².